The molecule has 1 N–H and O–H groups in total. The van der Waals surface area contributed by atoms with Crippen molar-refractivity contribution in [3.63, 3.8) is 0 Å². The zero-order valence-corrected chi connectivity index (χ0v) is 14.2. The van der Waals surface area contributed by atoms with Gasteiger partial charge in [-0.3, -0.25) is 9.59 Å². The molecule has 1 amide bonds. The van der Waals surface area contributed by atoms with E-state index in [0.29, 0.717) is 12.0 Å². The molecule has 0 bridgehead atoms. The van der Waals surface area contributed by atoms with Gasteiger partial charge in [-0.15, -0.1) is 0 Å². The summed E-state index contributed by atoms with van der Waals surface area (Å²) >= 11 is 1.09. The third-order valence-electron chi connectivity index (χ3n) is 3.58. The molecule has 2 aromatic rings. The summed E-state index contributed by atoms with van der Waals surface area (Å²) in [6.45, 7) is 3.87. The summed E-state index contributed by atoms with van der Waals surface area (Å²) in [7, 11) is 0. The largest absolute Gasteiger partial charge is 0.349 e. The highest BCUT2D eigenvalue weighted by atomic mass is 32.2. The fourth-order valence-corrected chi connectivity index (χ4v) is 3.10. The van der Waals surface area contributed by atoms with E-state index in [0.717, 1.165) is 17.3 Å². The maximum atomic E-state index is 12.4. The van der Waals surface area contributed by atoms with Gasteiger partial charge in [-0.25, -0.2) is 0 Å². The standard InChI is InChI=1S/C19H21NO2S/c1-3-17(23-19(22)16-12-8-5-9-13-16)18(21)20-14(2)15-10-6-4-7-11-15/h4-14,17H,3H2,1-2H3,(H,20,21). The zero-order chi connectivity index (χ0) is 16.7. The second-order valence-corrected chi connectivity index (χ2v) is 6.48. The molecule has 0 aromatic heterocycles. The van der Waals surface area contributed by atoms with E-state index in [1.807, 2.05) is 62.4 Å². The highest BCUT2D eigenvalue weighted by molar-refractivity contribution is 8.15. The topological polar surface area (TPSA) is 46.2 Å². The van der Waals surface area contributed by atoms with Gasteiger partial charge in [0.25, 0.3) is 0 Å². The van der Waals surface area contributed by atoms with Gasteiger partial charge in [0.2, 0.25) is 11.0 Å². The lowest BCUT2D eigenvalue weighted by molar-refractivity contribution is -0.121. The average Bonchev–Trinajstić information content (AvgIpc) is 2.60. The number of nitrogens with one attached hydrogen (secondary N) is 1. The van der Waals surface area contributed by atoms with Crippen molar-refractivity contribution in [1.29, 1.82) is 0 Å². The van der Waals surface area contributed by atoms with E-state index in [1.165, 1.54) is 0 Å². The number of amides is 1. The minimum absolute atomic E-state index is 0.0695. The van der Waals surface area contributed by atoms with E-state index in [2.05, 4.69) is 5.32 Å². The molecule has 0 heterocycles. The van der Waals surface area contributed by atoms with Crippen LogP contribution >= 0.6 is 11.8 Å². The lowest BCUT2D eigenvalue weighted by atomic mass is 10.1. The summed E-state index contributed by atoms with van der Waals surface area (Å²) in [6, 6.07) is 18.8. The van der Waals surface area contributed by atoms with Crippen molar-refractivity contribution in [3.8, 4) is 0 Å². The molecule has 0 saturated heterocycles. The van der Waals surface area contributed by atoms with Gasteiger partial charge in [0.1, 0.15) is 0 Å². The van der Waals surface area contributed by atoms with Crippen molar-refractivity contribution in [2.24, 2.45) is 0 Å². The number of rotatable bonds is 6. The molecule has 2 rings (SSSR count). The lowest BCUT2D eigenvalue weighted by Crippen LogP contribution is -2.35. The minimum atomic E-state index is -0.381. The molecule has 0 aliphatic carbocycles. The van der Waals surface area contributed by atoms with Crippen LogP contribution in [0.25, 0.3) is 0 Å². The normalized spacial score (nSPS) is 13.1. The Morgan fingerprint density at radius 1 is 1.00 bits per heavy atom. The number of thioether (sulfide) groups is 1. The minimum Gasteiger partial charge on any atom is -0.349 e. The van der Waals surface area contributed by atoms with Crippen LogP contribution in [0.4, 0.5) is 0 Å². The highest BCUT2D eigenvalue weighted by Gasteiger charge is 2.23. The summed E-state index contributed by atoms with van der Waals surface area (Å²) in [5.74, 6) is -0.0989. The summed E-state index contributed by atoms with van der Waals surface area (Å²) in [5.41, 5.74) is 1.68. The molecule has 0 radical (unpaired) electrons. The molecular formula is C19H21NO2S. The first-order valence-corrected chi connectivity index (χ1v) is 8.61. The average molecular weight is 327 g/mol. The van der Waals surface area contributed by atoms with Crippen LogP contribution in [0.15, 0.2) is 60.7 Å². The second-order valence-electron chi connectivity index (χ2n) is 5.31. The predicted octanol–water partition coefficient (Wildman–Crippen LogP) is 4.22. The fraction of sp³-hybridized carbons (Fsp3) is 0.263. The monoisotopic (exact) mass is 327 g/mol. The van der Waals surface area contributed by atoms with Crippen molar-refractivity contribution in [3.05, 3.63) is 71.8 Å². The molecule has 2 aromatic carbocycles. The van der Waals surface area contributed by atoms with E-state index in [-0.39, 0.29) is 22.3 Å². The maximum Gasteiger partial charge on any atom is 0.234 e. The number of hydrogen-bond donors (Lipinski definition) is 1. The van der Waals surface area contributed by atoms with Gasteiger partial charge in [-0.2, -0.15) is 0 Å². The van der Waals surface area contributed by atoms with Gasteiger partial charge in [0.05, 0.1) is 11.3 Å². The maximum absolute atomic E-state index is 12.4. The van der Waals surface area contributed by atoms with Crippen LogP contribution in [0.5, 0.6) is 0 Å². The molecule has 0 saturated carbocycles. The molecule has 4 heteroatoms. The van der Waals surface area contributed by atoms with Gasteiger partial charge in [0.15, 0.2) is 0 Å². The number of carbonyl (C=O) groups is 2. The molecule has 2 atom stereocenters. The predicted molar refractivity (Wildman–Crippen MR) is 95.4 cm³/mol. The van der Waals surface area contributed by atoms with E-state index in [9.17, 15) is 9.59 Å². The number of benzene rings is 2. The lowest BCUT2D eigenvalue weighted by Gasteiger charge is -2.19. The summed E-state index contributed by atoms with van der Waals surface area (Å²) in [6.07, 6.45) is 0.608. The van der Waals surface area contributed by atoms with Gasteiger partial charge < -0.3 is 5.32 Å². The summed E-state index contributed by atoms with van der Waals surface area (Å²) in [4.78, 5) is 24.7. The van der Waals surface area contributed by atoms with Gasteiger partial charge in [-0.05, 0) is 18.9 Å². The second kappa shape index (κ2) is 8.53. The number of hydrogen-bond acceptors (Lipinski definition) is 3. The van der Waals surface area contributed by atoms with Crippen LogP contribution in [0.2, 0.25) is 0 Å². The Hall–Kier alpha value is -2.07. The highest BCUT2D eigenvalue weighted by Crippen LogP contribution is 2.22. The molecule has 23 heavy (non-hydrogen) atoms. The van der Waals surface area contributed by atoms with Gasteiger partial charge in [-0.1, -0.05) is 79.3 Å². The van der Waals surface area contributed by atoms with E-state index >= 15 is 0 Å². The first-order valence-electron chi connectivity index (χ1n) is 7.73. The molecular weight excluding hydrogens is 306 g/mol. The van der Waals surface area contributed by atoms with Gasteiger partial charge in [0, 0.05) is 5.56 Å². The van der Waals surface area contributed by atoms with Crippen LogP contribution in [0.1, 0.15) is 42.2 Å². The van der Waals surface area contributed by atoms with Crippen LogP contribution in [0, 0.1) is 0 Å². The van der Waals surface area contributed by atoms with E-state index in [4.69, 9.17) is 0 Å². The Balaban J connectivity index is 1.97. The third-order valence-corrected chi connectivity index (χ3v) is 4.86. The smallest absolute Gasteiger partial charge is 0.234 e. The van der Waals surface area contributed by atoms with Crippen molar-refractivity contribution in [1.82, 2.24) is 5.32 Å². The van der Waals surface area contributed by atoms with Crippen molar-refractivity contribution in [2.75, 3.05) is 0 Å². The molecule has 0 aliphatic heterocycles. The number of carbonyl (C=O) groups excluding carboxylic acids is 2. The first kappa shape index (κ1) is 17.3. The quantitative estimate of drug-likeness (QED) is 0.864. The molecule has 0 spiro atoms. The fourth-order valence-electron chi connectivity index (χ4n) is 2.23. The van der Waals surface area contributed by atoms with Crippen molar-refractivity contribution < 1.29 is 9.59 Å². The van der Waals surface area contributed by atoms with Crippen LogP contribution in [0.3, 0.4) is 0 Å². The summed E-state index contributed by atoms with van der Waals surface area (Å²) < 4.78 is 0. The Morgan fingerprint density at radius 3 is 2.13 bits per heavy atom. The first-order chi connectivity index (χ1) is 11.1. The molecule has 0 aliphatic rings. The third kappa shape index (κ3) is 4.96. The Kier molecular flexibility index (Phi) is 6.41. The van der Waals surface area contributed by atoms with Crippen LogP contribution in [-0.4, -0.2) is 16.3 Å². The molecule has 0 fully saturated rings. The van der Waals surface area contributed by atoms with Crippen molar-refractivity contribution in [2.45, 2.75) is 31.6 Å². The van der Waals surface area contributed by atoms with E-state index < -0.39 is 0 Å². The molecule has 120 valence electrons. The Labute approximate surface area is 141 Å². The van der Waals surface area contributed by atoms with E-state index in [1.54, 1.807) is 12.1 Å². The summed E-state index contributed by atoms with van der Waals surface area (Å²) in [5, 5.41) is 2.54. The molecule has 2 unspecified atom stereocenters. The van der Waals surface area contributed by atoms with Gasteiger partial charge >= 0.3 is 0 Å². The SMILES string of the molecule is CCC(SC(=O)c1ccccc1)C(=O)NC(C)c1ccccc1. The molecule has 3 nitrogen and oxygen atoms in total. The zero-order valence-electron chi connectivity index (χ0n) is 13.4. The Bertz CT molecular complexity index is 643. The van der Waals surface area contributed by atoms with Crippen LogP contribution < -0.4 is 5.32 Å². The Morgan fingerprint density at radius 2 is 1.57 bits per heavy atom. The van der Waals surface area contributed by atoms with Crippen LogP contribution in [-0.2, 0) is 4.79 Å². The van der Waals surface area contributed by atoms with Crippen molar-refractivity contribution >= 4 is 22.8 Å².